The second-order valence-corrected chi connectivity index (χ2v) is 14.4. The molecular formula is C46H50Cl3N9O5. The molecule has 330 valence electrons. The van der Waals surface area contributed by atoms with E-state index >= 15 is 0 Å². The summed E-state index contributed by atoms with van der Waals surface area (Å²) < 4.78 is 10.7. The third-order valence-electron chi connectivity index (χ3n) is 9.45. The molecule has 10 rings (SSSR count). The summed E-state index contributed by atoms with van der Waals surface area (Å²) in [6.45, 7) is 15.8. The zero-order chi connectivity index (χ0) is 45.3. The zero-order valence-electron chi connectivity index (χ0n) is 35.7. The van der Waals surface area contributed by atoms with Gasteiger partial charge in [-0.05, 0) is 48.9 Å². The Labute approximate surface area is 381 Å². The summed E-state index contributed by atoms with van der Waals surface area (Å²) >= 11 is 18.0. The van der Waals surface area contributed by atoms with Crippen molar-refractivity contribution in [3.05, 3.63) is 119 Å². The molecule has 2 aliphatic rings. The Balaban J connectivity index is 0.000000158. The Morgan fingerprint density at radius 2 is 1.21 bits per heavy atom. The second-order valence-electron chi connectivity index (χ2n) is 13.2. The van der Waals surface area contributed by atoms with E-state index in [1.807, 2.05) is 65.0 Å². The predicted octanol–water partition coefficient (Wildman–Crippen LogP) is 10.2. The van der Waals surface area contributed by atoms with E-state index in [-0.39, 0.29) is 22.3 Å². The second kappa shape index (κ2) is 24.1. The molecule has 63 heavy (non-hydrogen) atoms. The van der Waals surface area contributed by atoms with Crippen LogP contribution < -0.4 is 9.80 Å². The minimum atomic E-state index is -0.0713. The van der Waals surface area contributed by atoms with Crippen LogP contribution in [0.3, 0.4) is 0 Å². The average molecular weight is 915 g/mol. The van der Waals surface area contributed by atoms with Gasteiger partial charge in [0, 0.05) is 67.1 Å². The summed E-state index contributed by atoms with van der Waals surface area (Å²) in [7, 11) is 0. The Hall–Kier alpha value is -5.90. The number of aromatic nitrogens is 7. The van der Waals surface area contributed by atoms with E-state index in [2.05, 4.69) is 44.7 Å². The molecule has 0 bridgehead atoms. The maximum Gasteiger partial charge on any atom is 0.160 e. The Bertz CT molecular complexity index is 2630. The number of phenolic OH excluding ortho intramolecular Hbond substituents is 3. The van der Waals surface area contributed by atoms with Gasteiger partial charge in [0.05, 0.1) is 57.9 Å². The van der Waals surface area contributed by atoms with Crippen molar-refractivity contribution in [1.29, 1.82) is 0 Å². The maximum absolute atomic E-state index is 9.98. The monoisotopic (exact) mass is 913 g/mol. The van der Waals surface area contributed by atoms with Crippen LogP contribution in [0.1, 0.15) is 33.3 Å². The largest absolute Gasteiger partial charge is 0.506 e. The zero-order valence-corrected chi connectivity index (χ0v) is 38.0. The van der Waals surface area contributed by atoms with Crippen molar-refractivity contribution in [2.45, 2.75) is 34.6 Å². The third kappa shape index (κ3) is 12.0. The number of para-hydroxylation sites is 2. The lowest BCUT2D eigenvalue weighted by atomic mass is 10.1. The highest BCUT2D eigenvalue weighted by Gasteiger charge is 2.21. The molecule has 14 nitrogen and oxygen atoms in total. The smallest absolute Gasteiger partial charge is 0.160 e. The summed E-state index contributed by atoms with van der Waals surface area (Å²) in [5.41, 5.74) is 4.11. The molecular weight excluding hydrogens is 865 g/mol. The first-order chi connectivity index (χ1) is 30.7. The molecule has 0 spiro atoms. The van der Waals surface area contributed by atoms with Crippen molar-refractivity contribution < 1.29 is 24.8 Å². The summed E-state index contributed by atoms with van der Waals surface area (Å²) in [5.74, 6) is 1.82. The summed E-state index contributed by atoms with van der Waals surface area (Å²) in [4.78, 5) is 33.1. The number of benzene rings is 4. The first-order valence-electron chi connectivity index (χ1n) is 20.5. The van der Waals surface area contributed by atoms with Gasteiger partial charge in [-0.2, -0.15) is 0 Å². The van der Waals surface area contributed by atoms with Crippen LogP contribution in [0, 0.1) is 6.92 Å². The standard InChI is InChI=1S/C13H13ClN2O2.C12H11Cl2N3O2.C9H8N2.C8H6N2O.2C2H6/c14-11-2-1-10-9(12(11)17)3-4-15-13(10)16-5-7-18-8-6-16;13-7-5-8(14)11(18)10-9(7)12(16-6-15-10)17-1-3-19-4-2-17;1-7-3-2-4-8-9(7)11-6-5-10-8;11-7-3-1-2-6-4-9-5-10-8(6)7;2*1-2/h1-4,17H,5-8H2;5-6,18H,1-4H2;2-6H,1H3;1-5,11H;2*1-2H3. The molecule has 0 amide bonds. The van der Waals surface area contributed by atoms with Crippen LogP contribution >= 0.6 is 34.8 Å². The van der Waals surface area contributed by atoms with Crippen molar-refractivity contribution in [3.63, 3.8) is 0 Å². The Kier molecular flexibility index (Phi) is 18.4. The number of aromatic hydroxyl groups is 3. The molecule has 2 saturated heterocycles. The minimum Gasteiger partial charge on any atom is -0.506 e. The fourth-order valence-electron chi connectivity index (χ4n) is 6.52. The van der Waals surface area contributed by atoms with E-state index in [1.165, 1.54) is 24.3 Å². The third-order valence-corrected chi connectivity index (χ3v) is 10.3. The fourth-order valence-corrected chi connectivity index (χ4v) is 7.22. The molecule has 6 heterocycles. The van der Waals surface area contributed by atoms with Crippen molar-refractivity contribution in [2.75, 3.05) is 62.4 Å². The molecule has 0 radical (unpaired) electrons. The van der Waals surface area contributed by atoms with Gasteiger partial charge in [0.25, 0.3) is 0 Å². The normalized spacial score (nSPS) is 13.2. The van der Waals surface area contributed by atoms with Gasteiger partial charge < -0.3 is 34.6 Å². The Morgan fingerprint density at radius 1 is 0.556 bits per heavy atom. The van der Waals surface area contributed by atoms with Crippen LogP contribution in [0.5, 0.6) is 17.2 Å². The van der Waals surface area contributed by atoms with E-state index in [9.17, 15) is 15.3 Å². The molecule has 0 aliphatic carbocycles. The van der Waals surface area contributed by atoms with Crippen molar-refractivity contribution in [3.8, 4) is 17.2 Å². The first-order valence-corrected chi connectivity index (χ1v) is 21.6. The number of pyridine rings is 1. The van der Waals surface area contributed by atoms with Crippen LogP contribution in [-0.2, 0) is 9.47 Å². The van der Waals surface area contributed by atoms with Crippen molar-refractivity contribution in [1.82, 2.24) is 34.9 Å². The van der Waals surface area contributed by atoms with Crippen LogP contribution in [0.25, 0.3) is 43.6 Å². The van der Waals surface area contributed by atoms with Crippen LogP contribution in [0.2, 0.25) is 15.1 Å². The molecule has 0 atom stereocenters. The number of hydrogen-bond acceptors (Lipinski definition) is 14. The van der Waals surface area contributed by atoms with Gasteiger partial charge in [-0.25, -0.2) is 24.9 Å². The molecule has 17 heteroatoms. The molecule has 0 unspecified atom stereocenters. The molecule has 4 aromatic heterocycles. The number of anilines is 2. The number of hydrogen-bond donors (Lipinski definition) is 3. The number of ether oxygens (including phenoxy) is 2. The van der Waals surface area contributed by atoms with Gasteiger partial charge in [0.2, 0.25) is 0 Å². The van der Waals surface area contributed by atoms with Gasteiger partial charge in [-0.15, -0.1) is 0 Å². The number of aryl methyl sites for hydroxylation is 1. The van der Waals surface area contributed by atoms with Gasteiger partial charge in [0.1, 0.15) is 46.8 Å². The predicted molar refractivity (Wildman–Crippen MR) is 254 cm³/mol. The molecule has 2 aliphatic heterocycles. The summed E-state index contributed by atoms with van der Waals surface area (Å²) in [5, 5.41) is 33.3. The van der Waals surface area contributed by atoms with Gasteiger partial charge >= 0.3 is 0 Å². The molecule has 4 aromatic carbocycles. The van der Waals surface area contributed by atoms with Crippen LogP contribution in [0.15, 0.2) is 98.1 Å². The van der Waals surface area contributed by atoms with Crippen LogP contribution in [-0.4, -0.2) is 103 Å². The van der Waals surface area contributed by atoms with Crippen LogP contribution in [0.4, 0.5) is 11.6 Å². The maximum atomic E-state index is 9.98. The molecule has 0 saturated carbocycles. The molecule has 2 fully saturated rings. The number of fused-ring (bicyclic) bond motifs is 4. The lowest BCUT2D eigenvalue weighted by Gasteiger charge is -2.28. The minimum absolute atomic E-state index is 0.0713. The highest BCUT2D eigenvalue weighted by atomic mass is 35.5. The van der Waals surface area contributed by atoms with E-state index in [0.717, 1.165) is 59.2 Å². The van der Waals surface area contributed by atoms with Gasteiger partial charge in [-0.1, -0.05) is 86.8 Å². The fraction of sp³-hybridized carbons (Fsp3) is 0.283. The van der Waals surface area contributed by atoms with Gasteiger partial charge in [0.15, 0.2) is 5.75 Å². The van der Waals surface area contributed by atoms with E-state index in [1.54, 1.807) is 49.1 Å². The van der Waals surface area contributed by atoms with E-state index in [4.69, 9.17) is 44.3 Å². The van der Waals surface area contributed by atoms with E-state index in [0.29, 0.717) is 58.7 Å². The molecule has 8 aromatic rings. The summed E-state index contributed by atoms with van der Waals surface area (Å²) in [6, 6.07) is 18.1. The number of morpholine rings is 2. The topological polar surface area (TPSA) is 176 Å². The number of nitrogens with zero attached hydrogens (tertiary/aromatic N) is 9. The van der Waals surface area contributed by atoms with Gasteiger partial charge in [-0.3, -0.25) is 9.97 Å². The lowest BCUT2D eigenvalue weighted by molar-refractivity contribution is 0.122. The SMILES string of the molecule is CC.CC.Cc1cccc2nccnc12.Oc1c(Cl)cc(Cl)c2c(N3CCOCC3)ncnc12.Oc1c(Cl)ccc2c(N3CCOCC3)nccc12.Oc1cccc2cncnc12. The Morgan fingerprint density at radius 3 is 1.89 bits per heavy atom. The first kappa shape index (κ1) is 48.1. The van der Waals surface area contributed by atoms with Crippen molar-refractivity contribution >= 4 is 90.1 Å². The summed E-state index contributed by atoms with van der Waals surface area (Å²) in [6.07, 6.45) is 9.61. The highest BCUT2D eigenvalue weighted by molar-refractivity contribution is 6.40. The van der Waals surface area contributed by atoms with Crippen molar-refractivity contribution in [2.24, 2.45) is 0 Å². The number of rotatable bonds is 2. The lowest BCUT2D eigenvalue weighted by Crippen LogP contribution is -2.36. The average Bonchev–Trinajstić information content (AvgIpc) is 3.34. The molecule has 3 N–H and O–H groups in total. The quantitative estimate of drug-likeness (QED) is 0.149. The number of phenols is 3. The number of halogens is 3. The van der Waals surface area contributed by atoms with E-state index < -0.39 is 0 Å². The highest BCUT2D eigenvalue weighted by Crippen LogP contribution is 2.40.